The van der Waals surface area contributed by atoms with Crippen LogP contribution < -0.4 is 10.6 Å². The molecule has 0 aliphatic carbocycles. The van der Waals surface area contributed by atoms with Gasteiger partial charge in [-0.1, -0.05) is 18.5 Å². The molecule has 1 amide bonds. The Morgan fingerprint density at radius 1 is 1.50 bits per heavy atom. The molecule has 20 heavy (non-hydrogen) atoms. The van der Waals surface area contributed by atoms with Gasteiger partial charge in [0.15, 0.2) is 5.82 Å². The SMILES string of the molecule is CCCNc1ncc(Cl)c(NC(C)C(=O)N(C)CC)n1. The van der Waals surface area contributed by atoms with Crippen LogP contribution in [0.1, 0.15) is 27.2 Å². The molecule has 1 rings (SSSR count). The van der Waals surface area contributed by atoms with E-state index < -0.39 is 6.04 Å². The molecule has 0 fully saturated rings. The predicted octanol–water partition coefficient (Wildman–Crippen LogP) is 2.23. The van der Waals surface area contributed by atoms with Crippen molar-refractivity contribution in [3.05, 3.63) is 11.2 Å². The van der Waals surface area contributed by atoms with Crippen molar-refractivity contribution in [2.45, 2.75) is 33.2 Å². The van der Waals surface area contributed by atoms with Crippen LogP contribution in [-0.4, -0.2) is 47.0 Å². The van der Waals surface area contributed by atoms with Crippen molar-refractivity contribution >= 4 is 29.3 Å². The maximum Gasteiger partial charge on any atom is 0.244 e. The van der Waals surface area contributed by atoms with Gasteiger partial charge in [-0.05, 0) is 20.3 Å². The lowest BCUT2D eigenvalue weighted by Gasteiger charge is -2.21. The third-order valence-electron chi connectivity index (χ3n) is 2.85. The van der Waals surface area contributed by atoms with Crippen LogP contribution in [0.2, 0.25) is 5.02 Å². The van der Waals surface area contributed by atoms with Crippen LogP contribution in [-0.2, 0) is 4.79 Å². The summed E-state index contributed by atoms with van der Waals surface area (Å²) in [4.78, 5) is 22.0. The van der Waals surface area contributed by atoms with Gasteiger partial charge in [0.2, 0.25) is 11.9 Å². The fraction of sp³-hybridized carbons (Fsp3) is 0.615. The molecule has 0 aliphatic heterocycles. The molecule has 1 atom stereocenters. The first-order chi connectivity index (χ1) is 9.49. The molecule has 0 bridgehead atoms. The number of rotatable bonds is 7. The minimum Gasteiger partial charge on any atom is -0.357 e. The van der Waals surface area contributed by atoms with Gasteiger partial charge in [-0.3, -0.25) is 4.79 Å². The number of halogens is 1. The summed E-state index contributed by atoms with van der Waals surface area (Å²) in [6.45, 7) is 7.21. The fourth-order valence-corrected chi connectivity index (χ4v) is 1.69. The minimum atomic E-state index is -0.397. The van der Waals surface area contributed by atoms with Gasteiger partial charge in [0.1, 0.15) is 11.1 Å². The van der Waals surface area contributed by atoms with Gasteiger partial charge in [-0.2, -0.15) is 4.98 Å². The van der Waals surface area contributed by atoms with Crippen LogP contribution in [0.3, 0.4) is 0 Å². The van der Waals surface area contributed by atoms with E-state index in [1.54, 1.807) is 18.9 Å². The number of hydrogen-bond acceptors (Lipinski definition) is 5. The van der Waals surface area contributed by atoms with E-state index in [2.05, 4.69) is 27.5 Å². The molecule has 0 aliphatic rings. The van der Waals surface area contributed by atoms with Crippen LogP contribution >= 0.6 is 11.6 Å². The van der Waals surface area contributed by atoms with Crippen molar-refractivity contribution in [1.29, 1.82) is 0 Å². The summed E-state index contributed by atoms with van der Waals surface area (Å²) in [7, 11) is 1.76. The van der Waals surface area contributed by atoms with E-state index in [0.717, 1.165) is 13.0 Å². The molecule has 6 nitrogen and oxygen atoms in total. The monoisotopic (exact) mass is 299 g/mol. The molecule has 112 valence electrons. The Balaban J connectivity index is 2.77. The zero-order valence-corrected chi connectivity index (χ0v) is 13.2. The van der Waals surface area contributed by atoms with E-state index in [9.17, 15) is 4.79 Å². The standard InChI is InChI=1S/C13H22ClN5O/c1-5-7-15-13-16-8-10(14)11(18-13)17-9(3)12(20)19(4)6-2/h8-9H,5-7H2,1-4H3,(H2,15,16,17,18). The zero-order chi connectivity index (χ0) is 15.1. The second-order valence-corrected chi connectivity index (χ2v) is 4.94. The van der Waals surface area contributed by atoms with Crippen molar-refractivity contribution in [3.8, 4) is 0 Å². The molecule has 0 saturated carbocycles. The molecule has 1 heterocycles. The van der Waals surface area contributed by atoms with E-state index >= 15 is 0 Å². The van der Waals surface area contributed by atoms with Crippen molar-refractivity contribution < 1.29 is 4.79 Å². The first-order valence-corrected chi connectivity index (χ1v) is 7.15. The second kappa shape index (κ2) is 7.89. The maximum absolute atomic E-state index is 12.0. The molecule has 0 saturated heterocycles. The highest BCUT2D eigenvalue weighted by atomic mass is 35.5. The Labute approximate surface area is 124 Å². The number of hydrogen-bond donors (Lipinski definition) is 2. The van der Waals surface area contributed by atoms with Crippen LogP contribution in [0.15, 0.2) is 6.20 Å². The highest BCUT2D eigenvalue weighted by Crippen LogP contribution is 2.20. The normalized spacial score (nSPS) is 11.8. The first kappa shape index (κ1) is 16.5. The number of nitrogens with one attached hydrogen (secondary N) is 2. The lowest BCUT2D eigenvalue weighted by molar-refractivity contribution is -0.130. The van der Waals surface area contributed by atoms with Gasteiger partial charge in [-0.25, -0.2) is 4.98 Å². The van der Waals surface area contributed by atoms with Crippen LogP contribution in [0.25, 0.3) is 0 Å². The van der Waals surface area contributed by atoms with E-state index in [1.807, 2.05) is 6.92 Å². The molecule has 0 radical (unpaired) electrons. The van der Waals surface area contributed by atoms with Gasteiger partial charge in [0, 0.05) is 20.1 Å². The van der Waals surface area contributed by atoms with Gasteiger partial charge < -0.3 is 15.5 Å². The number of nitrogens with zero attached hydrogens (tertiary/aromatic N) is 3. The Bertz CT molecular complexity index is 454. The Kier molecular flexibility index (Phi) is 6.51. The molecule has 2 N–H and O–H groups in total. The third-order valence-corrected chi connectivity index (χ3v) is 3.13. The van der Waals surface area contributed by atoms with Crippen molar-refractivity contribution in [3.63, 3.8) is 0 Å². The summed E-state index contributed by atoms with van der Waals surface area (Å²) >= 11 is 6.05. The highest BCUT2D eigenvalue weighted by Gasteiger charge is 2.18. The van der Waals surface area contributed by atoms with Crippen molar-refractivity contribution in [1.82, 2.24) is 14.9 Å². The Hall–Kier alpha value is -1.56. The molecule has 0 spiro atoms. The van der Waals surface area contributed by atoms with E-state index in [4.69, 9.17) is 11.6 Å². The van der Waals surface area contributed by atoms with Crippen molar-refractivity contribution in [2.75, 3.05) is 30.8 Å². The molecule has 7 heteroatoms. The van der Waals surface area contributed by atoms with Crippen LogP contribution in [0.4, 0.5) is 11.8 Å². The summed E-state index contributed by atoms with van der Waals surface area (Å²) < 4.78 is 0. The number of amides is 1. The van der Waals surface area contributed by atoms with Gasteiger partial charge in [0.05, 0.1) is 6.20 Å². The van der Waals surface area contributed by atoms with Crippen LogP contribution in [0.5, 0.6) is 0 Å². The second-order valence-electron chi connectivity index (χ2n) is 4.54. The average Bonchev–Trinajstić information content (AvgIpc) is 2.46. The summed E-state index contributed by atoms with van der Waals surface area (Å²) in [5.41, 5.74) is 0. The zero-order valence-electron chi connectivity index (χ0n) is 12.4. The topological polar surface area (TPSA) is 70.2 Å². The van der Waals surface area contributed by atoms with Gasteiger partial charge in [0.25, 0.3) is 0 Å². The number of carbonyl (C=O) groups is 1. The molecule has 1 aromatic rings. The largest absolute Gasteiger partial charge is 0.357 e. The number of carbonyl (C=O) groups excluding carboxylic acids is 1. The maximum atomic E-state index is 12.0. The van der Waals surface area contributed by atoms with E-state index in [-0.39, 0.29) is 5.91 Å². The summed E-state index contributed by atoms with van der Waals surface area (Å²) in [5.74, 6) is 0.957. The van der Waals surface area contributed by atoms with Gasteiger partial charge >= 0.3 is 0 Å². The fourth-order valence-electron chi connectivity index (χ4n) is 1.54. The quantitative estimate of drug-likeness (QED) is 0.808. The lowest BCUT2D eigenvalue weighted by Crippen LogP contribution is -2.39. The molecule has 1 unspecified atom stereocenters. The number of anilines is 2. The molecular weight excluding hydrogens is 278 g/mol. The number of likely N-dealkylation sites (N-methyl/N-ethyl adjacent to an activating group) is 1. The van der Waals surface area contributed by atoms with Crippen molar-refractivity contribution in [2.24, 2.45) is 0 Å². The number of aromatic nitrogens is 2. The average molecular weight is 300 g/mol. The highest BCUT2D eigenvalue weighted by molar-refractivity contribution is 6.32. The molecule has 0 aromatic carbocycles. The first-order valence-electron chi connectivity index (χ1n) is 6.77. The Morgan fingerprint density at radius 2 is 2.20 bits per heavy atom. The summed E-state index contributed by atoms with van der Waals surface area (Å²) in [6.07, 6.45) is 2.50. The van der Waals surface area contributed by atoms with Crippen LogP contribution in [0, 0.1) is 0 Å². The minimum absolute atomic E-state index is 0.00903. The third kappa shape index (κ3) is 4.52. The lowest BCUT2D eigenvalue weighted by atomic mass is 10.3. The molecule has 1 aromatic heterocycles. The molecular formula is C13H22ClN5O. The van der Waals surface area contributed by atoms with E-state index in [0.29, 0.717) is 23.3 Å². The summed E-state index contributed by atoms with van der Waals surface area (Å²) in [6, 6.07) is -0.397. The van der Waals surface area contributed by atoms with E-state index in [1.165, 1.54) is 6.20 Å². The van der Waals surface area contributed by atoms with Gasteiger partial charge in [-0.15, -0.1) is 0 Å². The smallest absolute Gasteiger partial charge is 0.244 e. The Morgan fingerprint density at radius 3 is 2.80 bits per heavy atom. The summed E-state index contributed by atoms with van der Waals surface area (Å²) in [5, 5.41) is 6.50. The predicted molar refractivity (Wildman–Crippen MR) is 82.2 cm³/mol.